The fraction of sp³-hybridized carbons (Fsp3) is 0.250. The van der Waals surface area contributed by atoms with E-state index in [1.54, 1.807) is 56.2 Å². The van der Waals surface area contributed by atoms with Crippen LogP contribution in [-0.4, -0.2) is 53.0 Å². The lowest BCUT2D eigenvalue weighted by Gasteiger charge is -2.14. The van der Waals surface area contributed by atoms with E-state index in [-0.39, 0.29) is 11.3 Å². The molecule has 42 heavy (non-hydrogen) atoms. The SMILES string of the molecule is COc1ccc(-c2c3n(c4c(=O)oc5cc(OC)c(OC)cc5c24)CCc2cc(OC)c(OC)cc2C3=O)cc1OC. The molecule has 1 aliphatic rings. The smallest absolute Gasteiger partial charge is 0.361 e. The number of aryl methyl sites for hydroxylation is 2. The fourth-order valence-electron chi connectivity index (χ4n) is 5.81. The molecule has 3 heterocycles. The maximum atomic E-state index is 14.6. The first-order valence-corrected chi connectivity index (χ1v) is 13.2. The van der Waals surface area contributed by atoms with Crippen LogP contribution in [0.5, 0.6) is 34.5 Å². The average molecular weight is 572 g/mol. The number of ketones is 1. The minimum absolute atomic E-state index is 0.266. The second-order valence-corrected chi connectivity index (χ2v) is 9.70. The molecule has 0 N–H and O–H groups in total. The van der Waals surface area contributed by atoms with Gasteiger partial charge in [-0.25, -0.2) is 4.79 Å². The van der Waals surface area contributed by atoms with Crippen molar-refractivity contribution in [1.29, 1.82) is 0 Å². The summed E-state index contributed by atoms with van der Waals surface area (Å²) in [4.78, 5) is 28.3. The molecule has 216 valence electrons. The van der Waals surface area contributed by atoms with Gasteiger partial charge in [0.05, 0.1) is 48.4 Å². The van der Waals surface area contributed by atoms with Crippen LogP contribution in [0.2, 0.25) is 0 Å². The number of nitrogens with zero attached hydrogens (tertiary/aromatic N) is 1. The normalized spacial score (nSPS) is 12.5. The fourth-order valence-corrected chi connectivity index (χ4v) is 5.81. The molecule has 0 bridgehead atoms. The quantitative estimate of drug-likeness (QED) is 0.242. The van der Waals surface area contributed by atoms with Gasteiger partial charge >= 0.3 is 5.63 Å². The molecule has 5 aromatic rings. The zero-order valence-electron chi connectivity index (χ0n) is 24.1. The number of hydrogen-bond donors (Lipinski definition) is 0. The van der Waals surface area contributed by atoms with Crippen LogP contribution in [0.25, 0.3) is 33.0 Å². The molecule has 0 atom stereocenters. The van der Waals surface area contributed by atoms with Crippen molar-refractivity contribution in [1.82, 2.24) is 4.57 Å². The number of carbonyl (C=O) groups excluding carboxylic acids is 1. The summed E-state index contributed by atoms with van der Waals surface area (Å²) >= 11 is 0. The van der Waals surface area contributed by atoms with Crippen molar-refractivity contribution in [3.05, 3.63) is 69.7 Å². The van der Waals surface area contributed by atoms with Gasteiger partial charge in [0.25, 0.3) is 0 Å². The van der Waals surface area contributed by atoms with Gasteiger partial charge in [-0.3, -0.25) is 4.79 Å². The Bertz CT molecular complexity index is 1950. The van der Waals surface area contributed by atoms with Crippen LogP contribution in [0.15, 0.2) is 51.7 Å². The Morgan fingerprint density at radius 2 is 1.29 bits per heavy atom. The third kappa shape index (κ3) is 3.93. The summed E-state index contributed by atoms with van der Waals surface area (Å²) in [6.07, 6.45) is 0.465. The molecule has 0 unspecified atom stereocenters. The molecule has 0 spiro atoms. The molecule has 10 heteroatoms. The molecule has 10 nitrogen and oxygen atoms in total. The Morgan fingerprint density at radius 3 is 1.95 bits per heavy atom. The number of rotatable bonds is 7. The first-order chi connectivity index (χ1) is 20.4. The van der Waals surface area contributed by atoms with E-state index in [0.717, 1.165) is 5.56 Å². The van der Waals surface area contributed by atoms with Crippen molar-refractivity contribution in [3.8, 4) is 45.6 Å². The summed E-state index contributed by atoms with van der Waals surface area (Å²) in [6, 6.07) is 12.3. The highest BCUT2D eigenvalue weighted by molar-refractivity contribution is 6.23. The molecule has 0 aliphatic carbocycles. The number of benzene rings is 3. The van der Waals surface area contributed by atoms with Gasteiger partial charge in [-0.05, 0) is 47.9 Å². The standard InChI is InChI=1S/C32H29NO9/c1-36-20-8-7-17(12-22(20)37-2)27-28-19-14-25(40-5)26(41-6)15-21(19)42-32(35)30(28)33-10-9-16-11-23(38-3)24(39-4)13-18(16)31(34)29(27)33/h7-8,11-15H,9-10H2,1-6H3. The third-order valence-corrected chi connectivity index (χ3v) is 7.76. The lowest BCUT2D eigenvalue weighted by Crippen LogP contribution is -2.12. The zero-order valence-corrected chi connectivity index (χ0v) is 24.1. The van der Waals surface area contributed by atoms with Gasteiger partial charge in [0, 0.05) is 34.5 Å². The summed E-state index contributed by atoms with van der Waals surface area (Å²) in [5.41, 5.74) is 2.80. The van der Waals surface area contributed by atoms with Gasteiger partial charge in [0.1, 0.15) is 11.1 Å². The van der Waals surface area contributed by atoms with Crippen molar-refractivity contribution >= 4 is 27.7 Å². The van der Waals surface area contributed by atoms with Crippen LogP contribution in [0.4, 0.5) is 0 Å². The van der Waals surface area contributed by atoms with Crippen LogP contribution < -0.4 is 34.0 Å². The van der Waals surface area contributed by atoms with Crippen molar-refractivity contribution in [2.45, 2.75) is 13.0 Å². The summed E-state index contributed by atoms with van der Waals surface area (Å²) < 4.78 is 40.7. The number of carbonyl (C=O) groups is 1. The van der Waals surface area contributed by atoms with Gasteiger partial charge in [0.15, 0.2) is 34.5 Å². The van der Waals surface area contributed by atoms with Gasteiger partial charge < -0.3 is 37.4 Å². The van der Waals surface area contributed by atoms with Crippen LogP contribution in [-0.2, 0) is 13.0 Å². The first-order valence-electron chi connectivity index (χ1n) is 13.2. The number of hydrogen-bond acceptors (Lipinski definition) is 9. The third-order valence-electron chi connectivity index (χ3n) is 7.76. The van der Waals surface area contributed by atoms with E-state index in [9.17, 15) is 9.59 Å². The van der Waals surface area contributed by atoms with Gasteiger partial charge in [-0.15, -0.1) is 0 Å². The molecule has 0 saturated heterocycles. The van der Waals surface area contributed by atoms with Crippen molar-refractivity contribution in [3.63, 3.8) is 0 Å². The number of fused-ring (bicyclic) bond motifs is 6. The molecule has 0 radical (unpaired) electrons. The number of ether oxygens (including phenoxy) is 6. The maximum absolute atomic E-state index is 14.6. The molecular formula is C32H29NO9. The van der Waals surface area contributed by atoms with E-state index in [2.05, 4.69) is 0 Å². The zero-order chi connectivity index (χ0) is 29.7. The van der Waals surface area contributed by atoms with Gasteiger partial charge in [-0.2, -0.15) is 0 Å². The Morgan fingerprint density at radius 1 is 0.690 bits per heavy atom. The Balaban J connectivity index is 1.78. The first kappa shape index (κ1) is 27.1. The lowest BCUT2D eigenvalue weighted by molar-refractivity contribution is 0.103. The van der Waals surface area contributed by atoms with Crippen LogP contribution >= 0.6 is 0 Å². The average Bonchev–Trinajstić information content (AvgIpc) is 3.31. The largest absolute Gasteiger partial charge is 0.493 e. The highest BCUT2D eigenvalue weighted by Gasteiger charge is 2.33. The summed E-state index contributed by atoms with van der Waals surface area (Å²) in [5, 5.41) is 1.15. The number of aromatic nitrogens is 1. The minimum atomic E-state index is -0.577. The van der Waals surface area contributed by atoms with Crippen molar-refractivity contribution in [2.75, 3.05) is 42.7 Å². The van der Waals surface area contributed by atoms with E-state index in [0.29, 0.717) is 86.2 Å². The molecular weight excluding hydrogens is 542 g/mol. The van der Waals surface area contributed by atoms with E-state index in [1.807, 2.05) is 12.1 Å². The van der Waals surface area contributed by atoms with E-state index in [4.69, 9.17) is 32.8 Å². The topological polar surface area (TPSA) is 108 Å². The summed E-state index contributed by atoms with van der Waals surface area (Å²) in [6.45, 7) is 0.344. The molecule has 1 aliphatic heterocycles. The van der Waals surface area contributed by atoms with E-state index >= 15 is 0 Å². The highest BCUT2D eigenvalue weighted by atomic mass is 16.5. The van der Waals surface area contributed by atoms with Gasteiger partial charge in [-0.1, -0.05) is 6.07 Å². The summed E-state index contributed by atoms with van der Waals surface area (Å²) in [5.74, 6) is 2.55. The van der Waals surface area contributed by atoms with Crippen LogP contribution in [0, 0.1) is 0 Å². The maximum Gasteiger partial charge on any atom is 0.361 e. The molecule has 6 rings (SSSR count). The van der Waals surface area contributed by atoms with E-state index < -0.39 is 5.63 Å². The lowest BCUT2D eigenvalue weighted by atomic mass is 9.93. The van der Waals surface area contributed by atoms with Crippen molar-refractivity contribution in [2.24, 2.45) is 0 Å². The van der Waals surface area contributed by atoms with Crippen LogP contribution in [0.1, 0.15) is 21.6 Å². The Kier molecular flexibility index (Phi) is 6.68. The number of methoxy groups -OCH3 is 6. The molecule has 0 saturated carbocycles. The second-order valence-electron chi connectivity index (χ2n) is 9.70. The van der Waals surface area contributed by atoms with Crippen molar-refractivity contribution < 1.29 is 37.6 Å². The Labute approximate surface area is 240 Å². The predicted octanol–water partition coefficient (Wildman–Crippen LogP) is 5.25. The highest BCUT2D eigenvalue weighted by Crippen LogP contribution is 2.45. The minimum Gasteiger partial charge on any atom is -0.493 e. The predicted molar refractivity (Wildman–Crippen MR) is 156 cm³/mol. The summed E-state index contributed by atoms with van der Waals surface area (Å²) in [7, 11) is 9.21. The second kappa shape index (κ2) is 10.4. The molecule has 0 amide bonds. The Hall–Kier alpha value is -5.12. The van der Waals surface area contributed by atoms with Gasteiger partial charge in [0.2, 0.25) is 5.78 Å². The monoisotopic (exact) mass is 571 g/mol. The van der Waals surface area contributed by atoms with Crippen LogP contribution in [0.3, 0.4) is 0 Å². The van der Waals surface area contributed by atoms with E-state index in [1.165, 1.54) is 21.3 Å². The molecule has 0 fully saturated rings. The molecule has 3 aromatic carbocycles. The molecule has 2 aromatic heterocycles.